The van der Waals surface area contributed by atoms with Gasteiger partial charge in [-0.25, -0.2) is 0 Å². The quantitative estimate of drug-likeness (QED) is 0.549. The van der Waals surface area contributed by atoms with Crippen molar-refractivity contribution in [2.45, 2.75) is 12.8 Å². The summed E-state index contributed by atoms with van der Waals surface area (Å²) in [6.07, 6.45) is 2.28. The second kappa shape index (κ2) is 9.94. The number of rotatable bonds is 8. The van der Waals surface area contributed by atoms with Crippen LogP contribution in [0.2, 0.25) is 0 Å². The topological polar surface area (TPSA) is 32.7 Å². The summed E-state index contributed by atoms with van der Waals surface area (Å²) >= 11 is 0. The number of likely N-dealkylation sites (N-methyl/N-ethyl adjacent to an activating group) is 1. The second-order valence-electron chi connectivity index (χ2n) is 7.51. The Hall–Kier alpha value is -3.04. The predicted octanol–water partition coefficient (Wildman–Crippen LogP) is 5.57. The van der Waals surface area contributed by atoms with E-state index in [-0.39, 0.29) is 11.7 Å². The zero-order valence-electron chi connectivity index (χ0n) is 17.4. The van der Waals surface area contributed by atoms with E-state index in [0.717, 1.165) is 17.9 Å². The van der Waals surface area contributed by atoms with Crippen molar-refractivity contribution in [1.29, 1.82) is 0 Å². The van der Waals surface area contributed by atoms with Gasteiger partial charge in [0, 0.05) is 12.5 Å². The van der Waals surface area contributed by atoms with Gasteiger partial charge < -0.3 is 14.7 Å². The standard InChI is InChI=1S/C26H29NO2/c1-20(21-9-13-24(28)14-10-21)19-26(22-7-5-4-6-8-22)23-11-15-25(16-12-23)29-18-17-27(2)3/h4-16,19,26,28H,17-18H2,1-3H3/b20-19+. The maximum atomic E-state index is 9.56. The van der Waals surface area contributed by atoms with Crippen molar-refractivity contribution >= 4 is 5.57 Å². The van der Waals surface area contributed by atoms with Crippen molar-refractivity contribution in [1.82, 2.24) is 4.90 Å². The zero-order chi connectivity index (χ0) is 20.6. The van der Waals surface area contributed by atoms with Crippen LogP contribution in [0.15, 0.2) is 84.9 Å². The van der Waals surface area contributed by atoms with Crippen LogP contribution in [0.3, 0.4) is 0 Å². The molecule has 0 aliphatic rings. The van der Waals surface area contributed by atoms with Gasteiger partial charge in [-0.2, -0.15) is 0 Å². The van der Waals surface area contributed by atoms with E-state index in [9.17, 15) is 5.11 Å². The van der Waals surface area contributed by atoms with Crippen LogP contribution in [0.4, 0.5) is 0 Å². The van der Waals surface area contributed by atoms with Crippen LogP contribution >= 0.6 is 0 Å². The number of allylic oxidation sites excluding steroid dienone is 2. The summed E-state index contributed by atoms with van der Waals surface area (Å²) in [4.78, 5) is 2.11. The largest absolute Gasteiger partial charge is 0.508 e. The third-order valence-corrected chi connectivity index (χ3v) is 4.94. The SMILES string of the molecule is C/C(=C\C(c1ccccc1)c1ccc(OCCN(C)C)cc1)c1ccc(O)cc1. The lowest BCUT2D eigenvalue weighted by atomic mass is 9.88. The molecule has 0 amide bonds. The van der Waals surface area contributed by atoms with Crippen LogP contribution in [0.1, 0.15) is 29.5 Å². The maximum absolute atomic E-state index is 9.56. The Morgan fingerprint density at radius 1 is 0.897 bits per heavy atom. The summed E-state index contributed by atoms with van der Waals surface area (Å²) in [5.41, 5.74) is 4.73. The smallest absolute Gasteiger partial charge is 0.119 e. The molecule has 3 rings (SSSR count). The van der Waals surface area contributed by atoms with Crippen LogP contribution in [0, 0.1) is 0 Å². The van der Waals surface area contributed by atoms with Gasteiger partial charge in [0.25, 0.3) is 0 Å². The lowest BCUT2D eigenvalue weighted by Crippen LogP contribution is -2.19. The Balaban J connectivity index is 1.86. The van der Waals surface area contributed by atoms with E-state index >= 15 is 0 Å². The van der Waals surface area contributed by atoms with Crippen molar-refractivity contribution in [2.75, 3.05) is 27.2 Å². The highest BCUT2D eigenvalue weighted by molar-refractivity contribution is 5.66. The molecule has 0 bridgehead atoms. The third kappa shape index (κ3) is 5.97. The summed E-state index contributed by atoms with van der Waals surface area (Å²) in [5, 5.41) is 9.56. The minimum absolute atomic E-state index is 0.140. The Bertz CT molecular complexity index is 913. The summed E-state index contributed by atoms with van der Waals surface area (Å²) < 4.78 is 5.84. The Morgan fingerprint density at radius 3 is 2.14 bits per heavy atom. The molecule has 3 aromatic rings. The minimum atomic E-state index is 0.140. The number of benzene rings is 3. The first-order valence-corrected chi connectivity index (χ1v) is 9.93. The van der Waals surface area contributed by atoms with Crippen LogP contribution < -0.4 is 4.74 Å². The molecule has 3 heteroatoms. The summed E-state index contributed by atoms with van der Waals surface area (Å²) in [6, 6.07) is 26.2. The monoisotopic (exact) mass is 387 g/mol. The lowest BCUT2D eigenvalue weighted by molar-refractivity contribution is 0.261. The van der Waals surface area contributed by atoms with Crippen molar-refractivity contribution in [3.8, 4) is 11.5 Å². The van der Waals surface area contributed by atoms with Gasteiger partial charge >= 0.3 is 0 Å². The zero-order valence-corrected chi connectivity index (χ0v) is 17.4. The number of aromatic hydroxyl groups is 1. The van der Waals surface area contributed by atoms with Gasteiger partial charge in [0.2, 0.25) is 0 Å². The van der Waals surface area contributed by atoms with Crippen molar-refractivity contribution in [3.05, 3.63) is 102 Å². The summed E-state index contributed by atoms with van der Waals surface area (Å²) in [6.45, 7) is 3.68. The van der Waals surface area contributed by atoms with Gasteiger partial charge in [0.15, 0.2) is 0 Å². The van der Waals surface area contributed by atoms with E-state index in [2.05, 4.69) is 54.3 Å². The number of hydrogen-bond donors (Lipinski definition) is 1. The molecule has 0 fully saturated rings. The van der Waals surface area contributed by atoms with Gasteiger partial charge in [0.1, 0.15) is 18.1 Å². The molecular weight excluding hydrogens is 358 g/mol. The van der Waals surface area contributed by atoms with Crippen molar-refractivity contribution < 1.29 is 9.84 Å². The normalized spacial score (nSPS) is 12.8. The van der Waals surface area contributed by atoms with Crippen LogP contribution in [-0.2, 0) is 0 Å². The first kappa shape index (κ1) is 20.7. The van der Waals surface area contributed by atoms with Crippen molar-refractivity contribution in [3.63, 3.8) is 0 Å². The minimum Gasteiger partial charge on any atom is -0.508 e. The number of phenols is 1. The fraction of sp³-hybridized carbons (Fsp3) is 0.231. The molecule has 0 aromatic heterocycles. The molecule has 0 aliphatic heterocycles. The highest BCUT2D eigenvalue weighted by atomic mass is 16.5. The molecule has 3 nitrogen and oxygen atoms in total. The molecule has 0 saturated heterocycles. The molecule has 1 atom stereocenters. The van der Waals surface area contributed by atoms with Crippen LogP contribution in [0.25, 0.3) is 5.57 Å². The molecule has 0 saturated carbocycles. The molecule has 0 spiro atoms. The van der Waals surface area contributed by atoms with E-state index in [1.54, 1.807) is 12.1 Å². The Kier molecular flexibility index (Phi) is 7.09. The van der Waals surface area contributed by atoms with E-state index in [0.29, 0.717) is 6.61 Å². The van der Waals surface area contributed by atoms with Gasteiger partial charge in [-0.1, -0.05) is 60.7 Å². The van der Waals surface area contributed by atoms with Gasteiger partial charge in [-0.15, -0.1) is 0 Å². The first-order valence-electron chi connectivity index (χ1n) is 9.93. The molecular formula is C26H29NO2. The highest BCUT2D eigenvalue weighted by Crippen LogP contribution is 2.31. The Labute approximate surface area is 173 Å². The van der Waals surface area contributed by atoms with Crippen molar-refractivity contribution in [2.24, 2.45) is 0 Å². The molecule has 0 radical (unpaired) electrons. The van der Waals surface area contributed by atoms with Crippen LogP contribution in [0.5, 0.6) is 11.5 Å². The lowest BCUT2D eigenvalue weighted by Gasteiger charge is -2.17. The number of hydrogen-bond acceptors (Lipinski definition) is 3. The van der Waals surface area contributed by atoms with Gasteiger partial charge in [-0.05, 0) is 67.5 Å². The number of nitrogens with zero attached hydrogens (tertiary/aromatic N) is 1. The van der Waals surface area contributed by atoms with Gasteiger partial charge in [0.05, 0.1) is 0 Å². The predicted molar refractivity (Wildman–Crippen MR) is 121 cm³/mol. The number of phenolic OH excluding ortho intramolecular Hbond substituents is 1. The number of ether oxygens (including phenoxy) is 1. The van der Waals surface area contributed by atoms with E-state index in [1.807, 2.05) is 44.4 Å². The third-order valence-electron chi connectivity index (χ3n) is 4.94. The molecule has 1 N–H and O–H groups in total. The van der Waals surface area contributed by atoms with E-state index < -0.39 is 0 Å². The van der Waals surface area contributed by atoms with Gasteiger partial charge in [-0.3, -0.25) is 0 Å². The van der Waals surface area contributed by atoms with Crippen LogP contribution in [-0.4, -0.2) is 37.3 Å². The molecule has 0 heterocycles. The summed E-state index contributed by atoms with van der Waals surface area (Å²) in [7, 11) is 4.08. The average molecular weight is 388 g/mol. The molecule has 1 unspecified atom stereocenters. The van der Waals surface area contributed by atoms with E-state index in [1.165, 1.54) is 16.7 Å². The first-order chi connectivity index (χ1) is 14.0. The fourth-order valence-electron chi connectivity index (χ4n) is 3.23. The average Bonchev–Trinajstić information content (AvgIpc) is 2.73. The Morgan fingerprint density at radius 2 is 1.52 bits per heavy atom. The summed E-state index contributed by atoms with van der Waals surface area (Å²) in [5.74, 6) is 1.31. The second-order valence-corrected chi connectivity index (χ2v) is 7.51. The molecule has 0 aliphatic carbocycles. The van der Waals surface area contributed by atoms with E-state index in [4.69, 9.17) is 4.74 Å². The molecule has 29 heavy (non-hydrogen) atoms. The molecule has 3 aromatic carbocycles. The maximum Gasteiger partial charge on any atom is 0.119 e. The fourth-order valence-corrected chi connectivity index (χ4v) is 3.23. The highest BCUT2D eigenvalue weighted by Gasteiger charge is 2.13. The molecule has 150 valence electrons.